The lowest BCUT2D eigenvalue weighted by molar-refractivity contribution is 0.294. The predicted octanol–water partition coefficient (Wildman–Crippen LogP) is 3.84. The van der Waals surface area contributed by atoms with E-state index in [9.17, 15) is 0 Å². The molecule has 1 aliphatic rings. The molecular formula is C19H14N4O3. The molecule has 1 aliphatic heterocycles. The molecule has 2 aromatic carbocycles. The molecule has 0 aliphatic carbocycles. The van der Waals surface area contributed by atoms with Crippen molar-refractivity contribution in [3.8, 4) is 28.9 Å². The summed E-state index contributed by atoms with van der Waals surface area (Å²) in [4.78, 5) is 4.33. The van der Waals surface area contributed by atoms with Crippen molar-refractivity contribution in [2.45, 2.75) is 6.61 Å². The quantitative estimate of drug-likeness (QED) is 0.494. The van der Waals surface area contributed by atoms with Crippen LogP contribution < -0.4 is 14.2 Å². The molecule has 0 fully saturated rings. The van der Waals surface area contributed by atoms with Crippen molar-refractivity contribution in [2.24, 2.45) is 7.05 Å². The second-order valence-electron chi connectivity index (χ2n) is 5.95. The fraction of sp³-hybridized carbons (Fsp3) is 0.105. The monoisotopic (exact) mass is 346 g/mol. The molecule has 4 aromatic rings. The first-order valence-electron chi connectivity index (χ1n) is 8.11. The molecule has 5 rings (SSSR count). The van der Waals surface area contributed by atoms with Crippen molar-refractivity contribution in [3.05, 3.63) is 60.6 Å². The first kappa shape index (κ1) is 14.7. The van der Waals surface area contributed by atoms with Crippen LogP contribution in [0, 0.1) is 0 Å². The number of para-hydroxylation sites is 2. The summed E-state index contributed by atoms with van der Waals surface area (Å²) in [6, 6.07) is 15.0. The summed E-state index contributed by atoms with van der Waals surface area (Å²) >= 11 is 0. The molecule has 0 unspecified atom stereocenters. The number of aryl methyl sites for hydroxylation is 1. The van der Waals surface area contributed by atoms with Crippen molar-refractivity contribution >= 4 is 11.0 Å². The Morgan fingerprint density at radius 2 is 1.81 bits per heavy atom. The van der Waals surface area contributed by atoms with Crippen molar-refractivity contribution in [1.29, 1.82) is 0 Å². The molecule has 3 heterocycles. The molecule has 0 saturated carbocycles. The SMILES string of the molecule is Cn1cnc2cc(OCc3cc4c(nn3)Oc3ccccc3O4)ccc21. The number of hydrogen-bond donors (Lipinski definition) is 0. The number of fused-ring (bicyclic) bond motifs is 3. The van der Waals surface area contributed by atoms with Gasteiger partial charge in [0.25, 0.3) is 5.88 Å². The minimum Gasteiger partial charge on any atom is -0.487 e. The maximum atomic E-state index is 5.83. The van der Waals surface area contributed by atoms with Crippen LogP contribution in [0.3, 0.4) is 0 Å². The van der Waals surface area contributed by atoms with Crippen LogP contribution in [0.1, 0.15) is 5.69 Å². The summed E-state index contributed by atoms with van der Waals surface area (Å²) in [5.41, 5.74) is 2.58. The number of rotatable bonds is 3. The van der Waals surface area contributed by atoms with Crippen LogP contribution >= 0.6 is 0 Å². The van der Waals surface area contributed by atoms with Gasteiger partial charge in [-0.3, -0.25) is 0 Å². The van der Waals surface area contributed by atoms with Gasteiger partial charge in [-0.15, -0.1) is 10.2 Å². The van der Waals surface area contributed by atoms with E-state index in [4.69, 9.17) is 14.2 Å². The number of benzene rings is 2. The summed E-state index contributed by atoms with van der Waals surface area (Å²) in [6.07, 6.45) is 1.78. The number of nitrogens with zero attached hydrogens (tertiary/aromatic N) is 4. The highest BCUT2D eigenvalue weighted by Crippen LogP contribution is 2.43. The van der Waals surface area contributed by atoms with E-state index in [1.807, 2.05) is 54.1 Å². The first-order chi connectivity index (χ1) is 12.8. The second-order valence-corrected chi connectivity index (χ2v) is 5.95. The highest BCUT2D eigenvalue weighted by Gasteiger charge is 2.20. The molecule has 0 N–H and O–H groups in total. The fourth-order valence-electron chi connectivity index (χ4n) is 2.82. The van der Waals surface area contributed by atoms with Gasteiger partial charge in [0.05, 0.1) is 17.4 Å². The largest absolute Gasteiger partial charge is 0.487 e. The van der Waals surface area contributed by atoms with Gasteiger partial charge in [0.1, 0.15) is 18.1 Å². The molecule has 0 saturated heterocycles. The third kappa shape index (κ3) is 2.50. The van der Waals surface area contributed by atoms with E-state index >= 15 is 0 Å². The van der Waals surface area contributed by atoms with Gasteiger partial charge in [-0.25, -0.2) is 4.98 Å². The third-order valence-electron chi connectivity index (χ3n) is 4.14. The highest BCUT2D eigenvalue weighted by molar-refractivity contribution is 5.76. The zero-order chi connectivity index (χ0) is 17.5. The van der Waals surface area contributed by atoms with E-state index < -0.39 is 0 Å². The van der Waals surface area contributed by atoms with E-state index in [1.54, 1.807) is 12.4 Å². The van der Waals surface area contributed by atoms with Crippen LogP contribution in [0.5, 0.6) is 28.9 Å². The Morgan fingerprint density at radius 1 is 0.962 bits per heavy atom. The smallest absolute Gasteiger partial charge is 0.282 e. The van der Waals surface area contributed by atoms with Gasteiger partial charge >= 0.3 is 0 Å². The topological polar surface area (TPSA) is 71.3 Å². The minimum atomic E-state index is 0.267. The number of hydrogen-bond acceptors (Lipinski definition) is 6. The number of aromatic nitrogens is 4. The molecular weight excluding hydrogens is 332 g/mol. The molecule has 0 spiro atoms. The zero-order valence-electron chi connectivity index (χ0n) is 13.9. The van der Waals surface area contributed by atoms with E-state index in [0.29, 0.717) is 28.8 Å². The van der Waals surface area contributed by atoms with Gasteiger partial charge in [-0.1, -0.05) is 12.1 Å². The van der Waals surface area contributed by atoms with E-state index in [0.717, 1.165) is 16.8 Å². The zero-order valence-corrected chi connectivity index (χ0v) is 13.9. The van der Waals surface area contributed by atoms with E-state index in [-0.39, 0.29) is 6.61 Å². The normalized spacial score (nSPS) is 12.0. The van der Waals surface area contributed by atoms with Crippen molar-refractivity contribution < 1.29 is 14.2 Å². The van der Waals surface area contributed by atoms with Crippen LogP contribution in [0.15, 0.2) is 54.9 Å². The average Bonchev–Trinajstić information content (AvgIpc) is 3.05. The summed E-state index contributed by atoms with van der Waals surface area (Å²) in [6.45, 7) is 0.267. The summed E-state index contributed by atoms with van der Waals surface area (Å²) in [5.74, 6) is 2.88. The number of ether oxygens (including phenoxy) is 3. The lowest BCUT2D eigenvalue weighted by atomic mass is 10.3. The van der Waals surface area contributed by atoms with Crippen LogP contribution in [-0.4, -0.2) is 19.7 Å². The molecule has 0 bridgehead atoms. The maximum absolute atomic E-state index is 5.83. The van der Waals surface area contributed by atoms with Crippen molar-refractivity contribution in [3.63, 3.8) is 0 Å². The van der Waals surface area contributed by atoms with Gasteiger partial charge in [-0.2, -0.15) is 0 Å². The summed E-state index contributed by atoms with van der Waals surface area (Å²) in [5, 5.41) is 8.24. The van der Waals surface area contributed by atoms with Crippen LogP contribution in [0.2, 0.25) is 0 Å². The highest BCUT2D eigenvalue weighted by atomic mass is 16.6. The van der Waals surface area contributed by atoms with Crippen molar-refractivity contribution in [2.75, 3.05) is 0 Å². The molecule has 0 atom stereocenters. The second kappa shape index (κ2) is 5.73. The third-order valence-corrected chi connectivity index (χ3v) is 4.14. The molecule has 2 aromatic heterocycles. The predicted molar refractivity (Wildman–Crippen MR) is 93.7 cm³/mol. The average molecular weight is 346 g/mol. The Balaban J connectivity index is 1.35. The van der Waals surface area contributed by atoms with Gasteiger partial charge in [0.15, 0.2) is 17.2 Å². The van der Waals surface area contributed by atoms with Crippen LogP contribution in [0.25, 0.3) is 11.0 Å². The van der Waals surface area contributed by atoms with Gasteiger partial charge < -0.3 is 18.8 Å². The van der Waals surface area contributed by atoms with Crippen LogP contribution in [0.4, 0.5) is 0 Å². The van der Waals surface area contributed by atoms with E-state index in [1.165, 1.54) is 0 Å². The molecule has 0 radical (unpaired) electrons. The van der Waals surface area contributed by atoms with Crippen molar-refractivity contribution in [1.82, 2.24) is 19.7 Å². The summed E-state index contributed by atoms with van der Waals surface area (Å²) < 4.78 is 19.3. The molecule has 128 valence electrons. The Kier molecular flexibility index (Phi) is 3.24. The maximum Gasteiger partial charge on any atom is 0.282 e. The van der Waals surface area contributed by atoms with E-state index in [2.05, 4.69) is 15.2 Å². The van der Waals surface area contributed by atoms with Gasteiger partial charge in [0, 0.05) is 19.2 Å². The van der Waals surface area contributed by atoms with Gasteiger partial charge in [0.2, 0.25) is 0 Å². The molecule has 7 heteroatoms. The molecule has 7 nitrogen and oxygen atoms in total. The Hall–Kier alpha value is -3.61. The van der Waals surface area contributed by atoms with Gasteiger partial charge in [-0.05, 0) is 24.3 Å². The lowest BCUT2D eigenvalue weighted by Crippen LogP contribution is -2.06. The minimum absolute atomic E-state index is 0.267. The standard InChI is InChI=1S/C19H14N4O3/c1-23-11-20-14-9-13(6-7-15(14)23)24-10-12-8-18-19(22-21-12)26-17-5-3-2-4-16(17)25-18/h2-9,11H,10H2,1H3. The Labute approximate surface area is 148 Å². The molecule has 26 heavy (non-hydrogen) atoms. The summed E-state index contributed by atoms with van der Waals surface area (Å²) in [7, 11) is 1.96. The lowest BCUT2D eigenvalue weighted by Gasteiger charge is -2.19. The first-order valence-corrected chi connectivity index (χ1v) is 8.11. The fourth-order valence-corrected chi connectivity index (χ4v) is 2.82. The Bertz CT molecular complexity index is 1120. The van der Waals surface area contributed by atoms with Crippen LogP contribution in [-0.2, 0) is 13.7 Å². The molecule has 0 amide bonds. The number of imidazole rings is 1. The Morgan fingerprint density at radius 3 is 2.69 bits per heavy atom.